The molecule has 1 aliphatic rings. The summed E-state index contributed by atoms with van der Waals surface area (Å²) in [6.45, 7) is 7.37. The molecule has 0 spiro atoms. The Morgan fingerprint density at radius 2 is 1.28 bits per heavy atom. The monoisotopic (exact) mass is 820 g/mol. The quantitative estimate of drug-likeness (QED) is 0.116. The number of hydrogen-bond acceptors (Lipinski definition) is 11. The van der Waals surface area contributed by atoms with Crippen LogP contribution in [-0.4, -0.2) is 62.2 Å². The Labute approximate surface area is 347 Å². The lowest BCUT2D eigenvalue weighted by molar-refractivity contribution is 0.0679. The lowest BCUT2D eigenvalue weighted by Gasteiger charge is -2.30. The predicted molar refractivity (Wildman–Crippen MR) is 234 cm³/mol. The number of aromatic nitrogens is 10. The summed E-state index contributed by atoms with van der Waals surface area (Å²) >= 11 is 6.38. The van der Waals surface area contributed by atoms with Gasteiger partial charge < -0.3 is 29.9 Å². The van der Waals surface area contributed by atoms with Crippen molar-refractivity contribution >= 4 is 67.1 Å². The van der Waals surface area contributed by atoms with Crippen molar-refractivity contribution in [2.75, 3.05) is 23.8 Å². The molecule has 0 saturated carbocycles. The Balaban J connectivity index is 0.000000154. The fourth-order valence-electron chi connectivity index (χ4n) is 8.03. The number of rotatable bonds is 8. The number of pyridine rings is 2. The summed E-state index contributed by atoms with van der Waals surface area (Å²) in [6.07, 6.45) is 7.79. The van der Waals surface area contributed by atoms with Gasteiger partial charge in [0.15, 0.2) is 22.9 Å². The number of halogens is 1. The van der Waals surface area contributed by atoms with E-state index >= 15 is 0 Å². The molecule has 302 valence electrons. The lowest BCUT2D eigenvalue weighted by Crippen LogP contribution is -2.33. The van der Waals surface area contributed by atoms with Crippen LogP contribution in [0.2, 0.25) is 5.02 Å². The van der Waals surface area contributed by atoms with Crippen LogP contribution in [0.5, 0.6) is 0 Å². The third-order valence-electron chi connectivity index (χ3n) is 11.0. The Kier molecular flexibility index (Phi) is 10.5. The van der Waals surface area contributed by atoms with Crippen LogP contribution >= 0.6 is 11.6 Å². The van der Waals surface area contributed by atoms with E-state index in [-0.39, 0.29) is 29.2 Å². The summed E-state index contributed by atoms with van der Waals surface area (Å²) in [5.74, 6) is 1.28. The van der Waals surface area contributed by atoms with Crippen LogP contribution in [0, 0.1) is 6.92 Å². The third kappa shape index (κ3) is 7.22. The van der Waals surface area contributed by atoms with Crippen molar-refractivity contribution in [3.05, 3.63) is 147 Å². The van der Waals surface area contributed by atoms with Gasteiger partial charge in [0.1, 0.15) is 23.7 Å². The van der Waals surface area contributed by atoms with E-state index in [0.29, 0.717) is 52.1 Å². The highest BCUT2D eigenvalue weighted by atomic mass is 35.5. The average molecular weight is 821 g/mol. The van der Waals surface area contributed by atoms with Crippen molar-refractivity contribution in [2.24, 2.45) is 0 Å². The molecule has 60 heavy (non-hydrogen) atoms. The molecule has 15 nitrogen and oxygen atoms in total. The van der Waals surface area contributed by atoms with Crippen LogP contribution < -0.4 is 21.8 Å². The Morgan fingerprint density at radius 3 is 1.93 bits per heavy atom. The molecule has 2 atom stereocenters. The van der Waals surface area contributed by atoms with E-state index in [4.69, 9.17) is 16.3 Å². The van der Waals surface area contributed by atoms with Gasteiger partial charge in [-0.3, -0.25) is 14.2 Å². The minimum atomic E-state index is -0.248. The van der Waals surface area contributed by atoms with Gasteiger partial charge in [-0.1, -0.05) is 60.1 Å². The third-order valence-corrected chi connectivity index (χ3v) is 11.3. The van der Waals surface area contributed by atoms with Crippen molar-refractivity contribution in [1.29, 1.82) is 0 Å². The second-order valence-corrected chi connectivity index (χ2v) is 15.2. The maximum absolute atomic E-state index is 13.6. The molecule has 3 aromatic carbocycles. The van der Waals surface area contributed by atoms with Crippen molar-refractivity contribution in [2.45, 2.75) is 51.7 Å². The SMILES string of the molecule is CC(Nc1ncnc2nc[nH]c12)c1cc2cccc(Cl)c2c(=O)n1-c1ccccc1.Cc1cccc2cc(C(C)Nc3ncnc4nc[nH]c34)n(C3CCOCC3)c(=O)c12. The molecular formula is C44H41ClN12O3. The highest BCUT2D eigenvalue weighted by Gasteiger charge is 2.25. The number of benzene rings is 3. The molecule has 1 saturated heterocycles. The van der Waals surface area contributed by atoms with Crippen LogP contribution in [0.15, 0.2) is 114 Å². The zero-order chi connectivity index (χ0) is 41.3. The molecule has 0 amide bonds. The second kappa shape index (κ2) is 16.4. The van der Waals surface area contributed by atoms with Gasteiger partial charge in [0.05, 0.1) is 40.5 Å². The number of H-pyrrole nitrogens is 2. The number of aromatic amines is 2. The maximum Gasteiger partial charge on any atom is 0.264 e. The molecule has 4 N–H and O–H groups in total. The van der Waals surface area contributed by atoms with Crippen molar-refractivity contribution in [3.8, 4) is 5.69 Å². The molecule has 1 fully saturated rings. The van der Waals surface area contributed by atoms with Gasteiger partial charge in [-0.05, 0) is 80.3 Å². The first-order valence-corrected chi connectivity index (χ1v) is 20.1. The van der Waals surface area contributed by atoms with E-state index in [9.17, 15) is 9.59 Å². The van der Waals surface area contributed by atoms with Crippen molar-refractivity contribution in [1.82, 2.24) is 49.0 Å². The molecular weight excluding hydrogens is 780 g/mol. The summed E-state index contributed by atoms with van der Waals surface area (Å²) in [5.41, 5.74) is 6.04. The highest BCUT2D eigenvalue weighted by Crippen LogP contribution is 2.31. The molecule has 6 aromatic heterocycles. The first-order chi connectivity index (χ1) is 29.3. The summed E-state index contributed by atoms with van der Waals surface area (Å²) in [5, 5.41) is 10.3. The smallest absolute Gasteiger partial charge is 0.264 e. The lowest BCUT2D eigenvalue weighted by atomic mass is 10.0. The molecule has 0 aliphatic carbocycles. The first-order valence-electron chi connectivity index (χ1n) is 19.7. The van der Waals surface area contributed by atoms with Gasteiger partial charge >= 0.3 is 0 Å². The van der Waals surface area contributed by atoms with Gasteiger partial charge in [0, 0.05) is 36.3 Å². The number of fused-ring (bicyclic) bond motifs is 4. The summed E-state index contributed by atoms with van der Waals surface area (Å²) in [6, 6.07) is 24.8. The molecule has 0 radical (unpaired) electrons. The highest BCUT2D eigenvalue weighted by molar-refractivity contribution is 6.35. The molecule has 7 heterocycles. The van der Waals surface area contributed by atoms with Crippen LogP contribution in [0.1, 0.15) is 61.8 Å². The zero-order valence-corrected chi connectivity index (χ0v) is 33.8. The van der Waals surface area contributed by atoms with Gasteiger partial charge in [-0.25, -0.2) is 29.9 Å². The normalized spacial score (nSPS) is 14.3. The summed E-state index contributed by atoms with van der Waals surface area (Å²) < 4.78 is 9.21. The molecule has 9 aromatic rings. The van der Waals surface area contributed by atoms with E-state index in [2.05, 4.69) is 63.5 Å². The Hall–Kier alpha value is -6.97. The summed E-state index contributed by atoms with van der Waals surface area (Å²) in [4.78, 5) is 58.7. The van der Waals surface area contributed by atoms with E-state index in [0.717, 1.165) is 57.2 Å². The van der Waals surface area contributed by atoms with Crippen molar-refractivity contribution in [3.63, 3.8) is 0 Å². The van der Waals surface area contributed by atoms with Crippen LogP contribution in [0.3, 0.4) is 0 Å². The van der Waals surface area contributed by atoms with Gasteiger partial charge in [0.25, 0.3) is 11.1 Å². The van der Waals surface area contributed by atoms with Gasteiger partial charge in [-0.15, -0.1) is 0 Å². The van der Waals surface area contributed by atoms with E-state index in [1.807, 2.05) is 85.1 Å². The fourth-order valence-corrected chi connectivity index (χ4v) is 8.29. The largest absolute Gasteiger partial charge is 0.381 e. The number of anilines is 2. The molecule has 0 bridgehead atoms. The molecule has 10 rings (SSSR count). The minimum Gasteiger partial charge on any atom is -0.381 e. The van der Waals surface area contributed by atoms with E-state index in [1.54, 1.807) is 23.3 Å². The maximum atomic E-state index is 13.6. The Bertz CT molecular complexity index is 3120. The topological polar surface area (TPSA) is 186 Å². The zero-order valence-electron chi connectivity index (χ0n) is 33.1. The van der Waals surface area contributed by atoms with Gasteiger partial charge in [0.2, 0.25) is 0 Å². The minimum absolute atomic E-state index is 0.0653. The van der Waals surface area contributed by atoms with Crippen LogP contribution in [0.25, 0.3) is 49.6 Å². The van der Waals surface area contributed by atoms with E-state index in [1.165, 1.54) is 12.7 Å². The number of imidazole rings is 2. The van der Waals surface area contributed by atoms with Crippen LogP contribution in [-0.2, 0) is 4.74 Å². The fraction of sp³-hybridized carbons (Fsp3) is 0.227. The standard InChI is InChI=1S/C22H17ClN6O.C22H24N6O2/c1-13(28-21-19-20(25-11-24-19)26-12-27-21)17-10-14-6-5-9-16(23)18(14)22(30)29(17)15-7-3-2-4-8-15;1-13-4-3-5-15-10-17(28(22(29)18(13)15)16-6-8-30-9-7-16)14(2)27-21-19-20(24-11-23-19)25-12-26-21/h2-13H,1H3,(H2,24,25,26,27,28);3-5,10-12,14,16H,6-9H2,1-2H3,(H2,23,24,25,26,27). The number of nitrogens with zero attached hydrogens (tertiary/aromatic N) is 8. The van der Waals surface area contributed by atoms with Crippen LogP contribution in [0.4, 0.5) is 11.6 Å². The van der Waals surface area contributed by atoms with Crippen molar-refractivity contribution < 1.29 is 4.74 Å². The second-order valence-electron chi connectivity index (χ2n) is 14.8. The predicted octanol–water partition coefficient (Wildman–Crippen LogP) is 7.98. The Morgan fingerprint density at radius 1 is 0.700 bits per heavy atom. The number of aryl methyl sites for hydroxylation is 1. The van der Waals surface area contributed by atoms with E-state index < -0.39 is 0 Å². The number of ether oxygens (including phenoxy) is 1. The average Bonchev–Trinajstić information content (AvgIpc) is 3.96. The number of hydrogen-bond donors (Lipinski definition) is 4. The molecule has 2 unspecified atom stereocenters. The summed E-state index contributed by atoms with van der Waals surface area (Å²) in [7, 11) is 0. The molecule has 16 heteroatoms. The number of nitrogens with one attached hydrogen (secondary N) is 4. The number of para-hydroxylation sites is 1. The molecule has 1 aliphatic heterocycles. The van der Waals surface area contributed by atoms with Gasteiger partial charge in [-0.2, -0.15) is 0 Å². The first kappa shape index (κ1) is 38.5.